The van der Waals surface area contributed by atoms with Gasteiger partial charge in [0.25, 0.3) is 5.91 Å². The molecule has 0 spiro atoms. The van der Waals surface area contributed by atoms with Crippen molar-refractivity contribution in [3.05, 3.63) is 46.6 Å². The Hall–Kier alpha value is -3.35. The molecule has 2 amide bonds. The Morgan fingerprint density at radius 2 is 1.89 bits per heavy atom. The third-order valence-corrected chi connectivity index (χ3v) is 6.87. The van der Waals surface area contributed by atoms with Gasteiger partial charge >= 0.3 is 6.09 Å². The van der Waals surface area contributed by atoms with Crippen LogP contribution < -0.4 is 4.90 Å². The van der Waals surface area contributed by atoms with Crippen molar-refractivity contribution < 1.29 is 19.4 Å². The van der Waals surface area contributed by atoms with Gasteiger partial charge in [0.2, 0.25) is 0 Å². The Bertz CT molecular complexity index is 1230. The number of carbonyl (C=O) groups is 2. The maximum Gasteiger partial charge on any atom is 0.410 e. The molecular formula is C28H34ClN5O4. The van der Waals surface area contributed by atoms with Crippen molar-refractivity contribution in [3.63, 3.8) is 0 Å². The van der Waals surface area contributed by atoms with Crippen molar-refractivity contribution in [1.82, 2.24) is 14.8 Å². The minimum atomic E-state index is -0.551. The van der Waals surface area contributed by atoms with Gasteiger partial charge in [-0.05, 0) is 63.8 Å². The van der Waals surface area contributed by atoms with E-state index in [-0.39, 0.29) is 24.6 Å². The molecule has 0 unspecified atom stereocenters. The monoisotopic (exact) mass is 539 g/mol. The van der Waals surface area contributed by atoms with Gasteiger partial charge in [0, 0.05) is 57.1 Å². The zero-order chi connectivity index (χ0) is 27.4. The van der Waals surface area contributed by atoms with E-state index in [1.807, 2.05) is 31.7 Å². The van der Waals surface area contributed by atoms with Crippen LogP contribution in [0.1, 0.15) is 56.0 Å². The Balaban J connectivity index is 1.47. The lowest BCUT2D eigenvalue weighted by atomic mass is 10.0. The number of pyridine rings is 1. The highest BCUT2D eigenvalue weighted by molar-refractivity contribution is 6.34. The standard InChI is InChI=1S/C28H34ClN5O4/c1-28(2,3)38-27(37)33-12-10-32(11-13-33)25-20(17-30)15-21(18-31-25)19-5-8-23(24(29)16-19)26(36)34(9-4-14-35)22-6-7-22/h5,8,15-16,18,22,35H,4,6-7,9-14H2,1-3H3. The van der Waals surface area contributed by atoms with Crippen molar-refractivity contribution in [2.75, 3.05) is 44.2 Å². The summed E-state index contributed by atoms with van der Waals surface area (Å²) in [5.74, 6) is 0.441. The van der Waals surface area contributed by atoms with Crippen LogP contribution in [0.25, 0.3) is 11.1 Å². The van der Waals surface area contributed by atoms with Crippen LogP contribution in [0.3, 0.4) is 0 Å². The van der Waals surface area contributed by atoms with E-state index < -0.39 is 5.60 Å². The molecule has 9 nitrogen and oxygen atoms in total. The third-order valence-electron chi connectivity index (χ3n) is 6.56. The molecule has 1 N–H and O–H groups in total. The highest BCUT2D eigenvalue weighted by atomic mass is 35.5. The molecule has 2 heterocycles. The van der Waals surface area contributed by atoms with Crippen molar-refractivity contribution in [2.45, 2.75) is 51.7 Å². The van der Waals surface area contributed by atoms with Crippen molar-refractivity contribution in [1.29, 1.82) is 5.26 Å². The van der Waals surface area contributed by atoms with E-state index in [9.17, 15) is 20.0 Å². The van der Waals surface area contributed by atoms with Gasteiger partial charge in [-0.3, -0.25) is 4.79 Å². The van der Waals surface area contributed by atoms with Gasteiger partial charge in [0.15, 0.2) is 0 Å². The molecule has 38 heavy (non-hydrogen) atoms. The largest absolute Gasteiger partial charge is 0.444 e. The summed E-state index contributed by atoms with van der Waals surface area (Å²) < 4.78 is 5.46. The Morgan fingerprint density at radius 1 is 1.18 bits per heavy atom. The second-order valence-electron chi connectivity index (χ2n) is 10.7. The Labute approximate surface area is 228 Å². The number of nitrogens with zero attached hydrogens (tertiary/aromatic N) is 5. The second-order valence-corrected chi connectivity index (χ2v) is 11.1. The summed E-state index contributed by atoms with van der Waals surface area (Å²) in [4.78, 5) is 35.5. The van der Waals surface area contributed by atoms with Gasteiger partial charge in [0.1, 0.15) is 17.5 Å². The van der Waals surface area contributed by atoms with Gasteiger partial charge in [-0.1, -0.05) is 17.7 Å². The number of aromatic nitrogens is 1. The number of piperazine rings is 1. The number of amides is 2. The molecule has 10 heteroatoms. The Morgan fingerprint density at radius 3 is 2.47 bits per heavy atom. The molecular weight excluding hydrogens is 506 g/mol. The SMILES string of the molecule is CC(C)(C)OC(=O)N1CCN(c2ncc(-c3ccc(C(=O)N(CCCO)C4CC4)c(Cl)c3)cc2C#N)CC1. The first-order chi connectivity index (χ1) is 18.1. The Kier molecular flexibility index (Phi) is 8.44. The zero-order valence-corrected chi connectivity index (χ0v) is 22.9. The summed E-state index contributed by atoms with van der Waals surface area (Å²) in [6.07, 6.45) is 3.83. The van der Waals surface area contributed by atoms with E-state index in [1.165, 1.54) is 0 Å². The lowest BCUT2D eigenvalue weighted by Crippen LogP contribution is -2.50. The highest BCUT2D eigenvalue weighted by Gasteiger charge is 2.33. The molecule has 1 aromatic carbocycles. The van der Waals surface area contributed by atoms with Crippen molar-refractivity contribution in [3.8, 4) is 17.2 Å². The maximum absolute atomic E-state index is 13.1. The second kappa shape index (κ2) is 11.6. The van der Waals surface area contributed by atoms with Crippen LogP contribution in [0, 0.1) is 11.3 Å². The molecule has 0 bridgehead atoms. The normalized spacial score (nSPS) is 15.7. The van der Waals surface area contributed by atoms with Gasteiger partial charge in [0.05, 0.1) is 16.1 Å². The van der Waals surface area contributed by atoms with Gasteiger partial charge in [-0.2, -0.15) is 5.26 Å². The first-order valence-corrected chi connectivity index (χ1v) is 13.3. The molecule has 0 radical (unpaired) electrons. The van der Waals surface area contributed by atoms with E-state index in [4.69, 9.17) is 16.3 Å². The first kappa shape index (κ1) is 27.7. The minimum absolute atomic E-state index is 0.0345. The van der Waals surface area contributed by atoms with Crippen molar-refractivity contribution in [2.24, 2.45) is 0 Å². The number of carbonyl (C=O) groups excluding carboxylic acids is 2. The summed E-state index contributed by atoms with van der Waals surface area (Å²) in [5.41, 5.74) is 1.77. The van der Waals surface area contributed by atoms with Crippen LogP contribution in [-0.4, -0.2) is 82.9 Å². The van der Waals surface area contributed by atoms with E-state index in [0.717, 1.165) is 24.0 Å². The predicted molar refractivity (Wildman–Crippen MR) is 145 cm³/mol. The van der Waals surface area contributed by atoms with Crippen LogP contribution >= 0.6 is 11.6 Å². The third kappa shape index (κ3) is 6.55. The minimum Gasteiger partial charge on any atom is -0.444 e. The summed E-state index contributed by atoms with van der Waals surface area (Å²) in [5, 5.41) is 19.4. The molecule has 1 aliphatic heterocycles. The van der Waals surface area contributed by atoms with E-state index in [0.29, 0.717) is 61.1 Å². The smallest absolute Gasteiger partial charge is 0.410 e. The number of aliphatic hydroxyl groups excluding tert-OH is 1. The summed E-state index contributed by atoms with van der Waals surface area (Å²) in [7, 11) is 0. The number of hydrogen-bond donors (Lipinski definition) is 1. The first-order valence-electron chi connectivity index (χ1n) is 13.0. The lowest BCUT2D eigenvalue weighted by Gasteiger charge is -2.36. The molecule has 1 aromatic heterocycles. The average Bonchev–Trinajstić information content (AvgIpc) is 3.73. The highest BCUT2D eigenvalue weighted by Crippen LogP contribution is 2.32. The summed E-state index contributed by atoms with van der Waals surface area (Å²) >= 11 is 6.55. The molecule has 2 aromatic rings. The predicted octanol–water partition coefficient (Wildman–Crippen LogP) is 4.32. The fourth-order valence-electron chi connectivity index (χ4n) is 4.48. The number of rotatable bonds is 7. The van der Waals surface area contributed by atoms with Crippen molar-refractivity contribution >= 4 is 29.4 Å². The van der Waals surface area contributed by atoms with Crippen LogP contribution in [0.4, 0.5) is 10.6 Å². The van der Waals surface area contributed by atoms with E-state index >= 15 is 0 Å². The molecule has 2 aliphatic rings. The molecule has 0 atom stereocenters. The topological polar surface area (TPSA) is 110 Å². The molecule has 202 valence electrons. The molecule has 1 saturated heterocycles. The summed E-state index contributed by atoms with van der Waals surface area (Å²) in [6.45, 7) is 8.09. The molecule has 1 aliphatic carbocycles. The van der Waals surface area contributed by atoms with Crippen LogP contribution in [0.5, 0.6) is 0 Å². The fourth-order valence-corrected chi connectivity index (χ4v) is 4.74. The van der Waals surface area contributed by atoms with E-state index in [1.54, 1.807) is 34.2 Å². The van der Waals surface area contributed by atoms with Crippen LogP contribution in [-0.2, 0) is 4.74 Å². The molecule has 1 saturated carbocycles. The maximum atomic E-state index is 13.1. The number of hydrogen-bond acceptors (Lipinski definition) is 7. The molecule has 2 fully saturated rings. The average molecular weight is 540 g/mol. The van der Waals surface area contributed by atoms with Crippen LogP contribution in [0.15, 0.2) is 30.5 Å². The molecule has 4 rings (SSSR count). The lowest BCUT2D eigenvalue weighted by molar-refractivity contribution is 0.0240. The number of anilines is 1. The zero-order valence-electron chi connectivity index (χ0n) is 22.1. The quantitative estimate of drug-likeness (QED) is 0.558. The van der Waals surface area contributed by atoms with E-state index in [2.05, 4.69) is 11.1 Å². The van der Waals surface area contributed by atoms with Gasteiger partial charge in [-0.25, -0.2) is 9.78 Å². The van der Waals surface area contributed by atoms with Gasteiger partial charge < -0.3 is 24.5 Å². The number of ether oxygens (including phenoxy) is 1. The summed E-state index contributed by atoms with van der Waals surface area (Å²) in [6, 6.07) is 9.48. The fraction of sp³-hybridized carbons (Fsp3) is 0.500. The number of aliphatic hydroxyl groups is 1. The number of nitriles is 1. The number of benzene rings is 1. The van der Waals surface area contributed by atoms with Crippen LogP contribution in [0.2, 0.25) is 5.02 Å². The van der Waals surface area contributed by atoms with Gasteiger partial charge in [-0.15, -0.1) is 0 Å². The number of halogens is 1.